The smallest absolute Gasteiger partial charge is 0.338 e. The maximum absolute atomic E-state index is 13.3. The molecule has 0 heterocycles. The number of nitrogens with one attached hydrogen (secondary N) is 1. The van der Waals surface area contributed by atoms with Crippen LogP contribution in [-0.4, -0.2) is 17.6 Å². The van der Waals surface area contributed by atoms with E-state index in [1.165, 1.54) is 12.1 Å². The minimum Gasteiger partial charge on any atom is -0.478 e. The zero-order valence-corrected chi connectivity index (χ0v) is 10.2. The largest absolute Gasteiger partial charge is 0.478 e. The minimum atomic E-state index is -1.23. The van der Waals surface area contributed by atoms with Crippen molar-refractivity contribution in [3.8, 4) is 0 Å². The van der Waals surface area contributed by atoms with Crippen LogP contribution in [0.15, 0.2) is 18.2 Å². The van der Waals surface area contributed by atoms with E-state index in [9.17, 15) is 9.18 Å². The molecule has 0 saturated carbocycles. The number of aromatic carboxylic acids is 1. The van der Waals surface area contributed by atoms with E-state index >= 15 is 0 Å². The van der Waals surface area contributed by atoms with E-state index in [2.05, 4.69) is 19.2 Å². The highest BCUT2D eigenvalue weighted by Crippen LogP contribution is 2.10. The molecular weight excluding hydrogens is 221 g/mol. The summed E-state index contributed by atoms with van der Waals surface area (Å²) in [5, 5.41) is 11.9. The van der Waals surface area contributed by atoms with Gasteiger partial charge in [0, 0.05) is 6.54 Å². The molecule has 1 aromatic rings. The highest BCUT2D eigenvalue weighted by Gasteiger charge is 2.09. The Kier molecular flexibility index (Phi) is 5.10. The van der Waals surface area contributed by atoms with Gasteiger partial charge in [-0.15, -0.1) is 0 Å². The van der Waals surface area contributed by atoms with E-state index in [1.54, 1.807) is 6.07 Å². The number of carboxylic acid groups (broad SMARTS) is 1. The van der Waals surface area contributed by atoms with Crippen molar-refractivity contribution in [1.29, 1.82) is 0 Å². The van der Waals surface area contributed by atoms with Gasteiger partial charge in [-0.2, -0.15) is 0 Å². The number of benzene rings is 1. The summed E-state index contributed by atoms with van der Waals surface area (Å²) >= 11 is 0. The van der Waals surface area contributed by atoms with Crippen LogP contribution in [0, 0.1) is 11.7 Å². The van der Waals surface area contributed by atoms with Gasteiger partial charge >= 0.3 is 5.97 Å². The average Bonchev–Trinajstić information content (AvgIpc) is 2.23. The van der Waals surface area contributed by atoms with Gasteiger partial charge in [-0.25, -0.2) is 9.18 Å². The molecule has 3 nitrogen and oxygen atoms in total. The summed E-state index contributed by atoms with van der Waals surface area (Å²) in [6.07, 6.45) is 1.07. The Bertz CT molecular complexity index is 391. The molecule has 2 N–H and O–H groups in total. The van der Waals surface area contributed by atoms with E-state index in [0.29, 0.717) is 12.5 Å². The number of carboxylic acids is 1. The number of rotatable bonds is 6. The second-order valence-electron chi connectivity index (χ2n) is 4.48. The zero-order valence-electron chi connectivity index (χ0n) is 10.2. The normalized spacial score (nSPS) is 10.8. The van der Waals surface area contributed by atoms with Crippen molar-refractivity contribution < 1.29 is 14.3 Å². The van der Waals surface area contributed by atoms with Crippen molar-refractivity contribution >= 4 is 5.97 Å². The van der Waals surface area contributed by atoms with Gasteiger partial charge in [-0.3, -0.25) is 0 Å². The van der Waals surface area contributed by atoms with Crippen LogP contribution in [0.1, 0.15) is 36.2 Å². The van der Waals surface area contributed by atoms with Gasteiger partial charge in [0.05, 0.1) is 5.56 Å². The van der Waals surface area contributed by atoms with Gasteiger partial charge in [-0.1, -0.05) is 19.9 Å². The van der Waals surface area contributed by atoms with Gasteiger partial charge in [0.1, 0.15) is 5.82 Å². The first-order valence-corrected chi connectivity index (χ1v) is 5.73. The maximum atomic E-state index is 13.3. The summed E-state index contributed by atoms with van der Waals surface area (Å²) < 4.78 is 13.3. The third-order valence-corrected chi connectivity index (χ3v) is 2.49. The molecule has 0 saturated heterocycles. The summed E-state index contributed by atoms with van der Waals surface area (Å²) in [5.41, 5.74) is 0.479. The van der Waals surface area contributed by atoms with Crippen LogP contribution >= 0.6 is 0 Å². The first-order valence-electron chi connectivity index (χ1n) is 5.73. The van der Waals surface area contributed by atoms with Crippen LogP contribution in [0.3, 0.4) is 0 Å². The van der Waals surface area contributed by atoms with Gasteiger partial charge in [-0.05, 0) is 36.6 Å². The van der Waals surface area contributed by atoms with Crippen molar-refractivity contribution in [2.75, 3.05) is 6.54 Å². The fourth-order valence-electron chi connectivity index (χ4n) is 1.47. The SMILES string of the molecule is CC(C)CCNCc1ccc(C(=O)O)c(F)c1. The minimum absolute atomic E-state index is 0.282. The molecule has 1 aromatic carbocycles. The Balaban J connectivity index is 2.50. The molecule has 0 spiro atoms. The van der Waals surface area contributed by atoms with Crippen molar-refractivity contribution in [1.82, 2.24) is 5.32 Å². The highest BCUT2D eigenvalue weighted by atomic mass is 19.1. The molecule has 0 aliphatic rings. The standard InChI is InChI=1S/C13H18FNO2/c1-9(2)5-6-15-8-10-3-4-11(13(16)17)12(14)7-10/h3-4,7,9,15H,5-6,8H2,1-2H3,(H,16,17). The number of hydrogen-bond donors (Lipinski definition) is 2. The lowest BCUT2D eigenvalue weighted by Crippen LogP contribution is -2.16. The zero-order chi connectivity index (χ0) is 12.8. The molecule has 17 heavy (non-hydrogen) atoms. The van der Waals surface area contributed by atoms with Crippen LogP contribution < -0.4 is 5.32 Å². The van der Waals surface area contributed by atoms with Crippen molar-refractivity contribution in [3.05, 3.63) is 35.1 Å². The summed E-state index contributed by atoms with van der Waals surface area (Å²) in [6, 6.07) is 4.21. The van der Waals surface area contributed by atoms with Crippen molar-refractivity contribution in [2.45, 2.75) is 26.8 Å². The number of hydrogen-bond acceptors (Lipinski definition) is 2. The van der Waals surface area contributed by atoms with E-state index in [4.69, 9.17) is 5.11 Å². The molecular formula is C13H18FNO2. The Morgan fingerprint density at radius 3 is 2.71 bits per heavy atom. The number of carbonyl (C=O) groups is 1. The van der Waals surface area contributed by atoms with E-state index in [1.807, 2.05) is 0 Å². The maximum Gasteiger partial charge on any atom is 0.338 e. The van der Waals surface area contributed by atoms with E-state index in [-0.39, 0.29) is 5.56 Å². The van der Waals surface area contributed by atoms with Crippen molar-refractivity contribution in [2.24, 2.45) is 5.92 Å². The van der Waals surface area contributed by atoms with Gasteiger partial charge in [0.2, 0.25) is 0 Å². The molecule has 1 rings (SSSR count). The summed E-state index contributed by atoms with van der Waals surface area (Å²) in [4.78, 5) is 10.6. The fourth-order valence-corrected chi connectivity index (χ4v) is 1.47. The second-order valence-corrected chi connectivity index (χ2v) is 4.48. The molecule has 0 atom stereocenters. The summed E-state index contributed by atoms with van der Waals surface area (Å²) in [6.45, 7) is 5.72. The quantitative estimate of drug-likeness (QED) is 0.750. The van der Waals surface area contributed by atoms with Gasteiger partial charge in [0.15, 0.2) is 0 Å². The van der Waals surface area contributed by atoms with Crippen LogP contribution in [0.4, 0.5) is 4.39 Å². The van der Waals surface area contributed by atoms with Crippen LogP contribution in [0.2, 0.25) is 0 Å². The summed E-state index contributed by atoms with van der Waals surface area (Å²) in [7, 11) is 0. The van der Waals surface area contributed by atoms with Crippen LogP contribution in [0.5, 0.6) is 0 Å². The van der Waals surface area contributed by atoms with Crippen LogP contribution in [0.25, 0.3) is 0 Å². The predicted molar refractivity (Wildman–Crippen MR) is 64.5 cm³/mol. The van der Waals surface area contributed by atoms with Gasteiger partial charge in [0.25, 0.3) is 0 Å². The molecule has 0 radical (unpaired) electrons. The van der Waals surface area contributed by atoms with E-state index in [0.717, 1.165) is 18.5 Å². The topological polar surface area (TPSA) is 49.3 Å². The third kappa shape index (κ3) is 4.53. The van der Waals surface area contributed by atoms with Crippen LogP contribution in [-0.2, 0) is 6.54 Å². The fraction of sp³-hybridized carbons (Fsp3) is 0.462. The first-order chi connectivity index (χ1) is 8.00. The molecule has 0 unspecified atom stereocenters. The predicted octanol–water partition coefficient (Wildman–Crippen LogP) is 2.66. The lowest BCUT2D eigenvalue weighted by atomic mass is 10.1. The molecule has 0 amide bonds. The second kappa shape index (κ2) is 6.35. The highest BCUT2D eigenvalue weighted by molar-refractivity contribution is 5.87. The lowest BCUT2D eigenvalue weighted by molar-refractivity contribution is 0.0692. The lowest BCUT2D eigenvalue weighted by Gasteiger charge is -2.07. The Hall–Kier alpha value is -1.42. The molecule has 0 fully saturated rings. The molecule has 0 aromatic heterocycles. The molecule has 0 aliphatic heterocycles. The summed E-state index contributed by atoms with van der Waals surface area (Å²) in [5.74, 6) is -1.28. The molecule has 0 aliphatic carbocycles. The Morgan fingerprint density at radius 1 is 1.47 bits per heavy atom. The Labute approximate surface area is 101 Å². The number of halogens is 1. The average molecular weight is 239 g/mol. The first kappa shape index (κ1) is 13.6. The molecule has 94 valence electrons. The molecule has 4 heteroatoms. The van der Waals surface area contributed by atoms with Gasteiger partial charge < -0.3 is 10.4 Å². The van der Waals surface area contributed by atoms with E-state index < -0.39 is 11.8 Å². The third-order valence-electron chi connectivity index (χ3n) is 2.49. The monoisotopic (exact) mass is 239 g/mol. The molecule has 0 bridgehead atoms. The Morgan fingerprint density at radius 2 is 2.18 bits per heavy atom. The van der Waals surface area contributed by atoms with Crippen molar-refractivity contribution in [3.63, 3.8) is 0 Å².